The van der Waals surface area contributed by atoms with E-state index in [4.69, 9.17) is 24.1 Å². The predicted octanol–water partition coefficient (Wildman–Crippen LogP) is 2.22. The molecule has 0 aromatic heterocycles. The molecule has 0 atom stereocenters. The van der Waals surface area contributed by atoms with Crippen molar-refractivity contribution < 1.29 is 28.8 Å². The zero-order valence-electron chi connectivity index (χ0n) is 12.5. The molecule has 0 radical (unpaired) electrons. The van der Waals surface area contributed by atoms with E-state index in [1.807, 2.05) is 6.92 Å². The fraction of sp³-hybridized carbons (Fsp3) is 0.533. The van der Waals surface area contributed by atoms with Crippen molar-refractivity contribution >= 4 is 5.97 Å². The number of methoxy groups -OCH3 is 1. The van der Waals surface area contributed by atoms with Gasteiger partial charge in [-0.15, -0.1) is 0 Å². The summed E-state index contributed by atoms with van der Waals surface area (Å²) in [6.07, 6.45) is 0.841. The molecular weight excluding hydrogens is 276 g/mol. The highest BCUT2D eigenvalue weighted by Gasteiger charge is 2.10. The van der Waals surface area contributed by atoms with Crippen LogP contribution in [0.3, 0.4) is 0 Å². The van der Waals surface area contributed by atoms with Gasteiger partial charge in [-0.05, 0) is 31.5 Å². The lowest BCUT2D eigenvalue weighted by Crippen LogP contribution is -2.09. The SMILES string of the molecule is CCOc1cc(C(=O)O)ccc1OCCOCCCOC. The van der Waals surface area contributed by atoms with E-state index in [1.54, 1.807) is 13.2 Å². The maximum absolute atomic E-state index is 10.9. The molecule has 6 heteroatoms. The molecule has 0 aliphatic heterocycles. The van der Waals surface area contributed by atoms with Gasteiger partial charge in [-0.2, -0.15) is 0 Å². The van der Waals surface area contributed by atoms with Gasteiger partial charge in [-0.25, -0.2) is 4.79 Å². The largest absolute Gasteiger partial charge is 0.490 e. The molecule has 0 bridgehead atoms. The Morgan fingerprint density at radius 3 is 2.57 bits per heavy atom. The van der Waals surface area contributed by atoms with E-state index in [0.717, 1.165) is 6.42 Å². The van der Waals surface area contributed by atoms with Crippen LogP contribution in [-0.4, -0.2) is 51.2 Å². The number of hydrogen-bond acceptors (Lipinski definition) is 5. The van der Waals surface area contributed by atoms with Crippen LogP contribution < -0.4 is 9.47 Å². The van der Waals surface area contributed by atoms with Crippen LogP contribution in [0.2, 0.25) is 0 Å². The van der Waals surface area contributed by atoms with Crippen molar-refractivity contribution in [2.45, 2.75) is 13.3 Å². The minimum absolute atomic E-state index is 0.168. The summed E-state index contributed by atoms with van der Waals surface area (Å²) in [7, 11) is 1.65. The number of rotatable bonds is 11. The molecule has 1 N–H and O–H groups in total. The summed E-state index contributed by atoms with van der Waals surface area (Å²) in [5, 5.41) is 8.96. The molecule has 0 amide bonds. The van der Waals surface area contributed by atoms with Crippen LogP contribution in [0.1, 0.15) is 23.7 Å². The number of carboxylic acids is 1. The zero-order valence-corrected chi connectivity index (χ0v) is 12.5. The van der Waals surface area contributed by atoms with Crippen molar-refractivity contribution in [1.29, 1.82) is 0 Å². The third-order valence-corrected chi connectivity index (χ3v) is 2.61. The third kappa shape index (κ3) is 6.46. The fourth-order valence-electron chi connectivity index (χ4n) is 1.65. The van der Waals surface area contributed by atoms with Crippen molar-refractivity contribution in [3.05, 3.63) is 23.8 Å². The van der Waals surface area contributed by atoms with Crippen molar-refractivity contribution in [3.8, 4) is 11.5 Å². The second-order valence-electron chi connectivity index (χ2n) is 4.21. The summed E-state index contributed by atoms with van der Waals surface area (Å²) in [5.41, 5.74) is 0.168. The van der Waals surface area contributed by atoms with Gasteiger partial charge in [-0.1, -0.05) is 0 Å². The molecule has 0 aliphatic carbocycles. The highest BCUT2D eigenvalue weighted by Crippen LogP contribution is 2.28. The molecule has 0 unspecified atom stereocenters. The molecule has 21 heavy (non-hydrogen) atoms. The van der Waals surface area contributed by atoms with Crippen molar-refractivity contribution in [2.75, 3.05) is 40.1 Å². The van der Waals surface area contributed by atoms with Gasteiger partial charge in [0.2, 0.25) is 0 Å². The maximum atomic E-state index is 10.9. The van der Waals surface area contributed by atoms with Gasteiger partial charge in [0.25, 0.3) is 0 Å². The van der Waals surface area contributed by atoms with Gasteiger partial charge in [0.1, 0.15) is 6.61 Å². The van der Waals surface area contributed by atoms with Crippen LogP contribution >= 0.6 is 0 Å². The number of benzene rings is 1. The fourth-order valence-corrected chi connectivity index (χ4v) is 1.65. The van der Waals surface area contributed by atoms with Crippen LogP contribution in [0.4, 0.5) is 0 Å². The van der Waals surface area contributed by atoms with Crippen LogP contribution in [0.25, 0.3) is 0 Å². The zero-order chi connectivity index (χ0) is 15.5. The molecule has 1 rings (SSSR count). The lowest BCUT2D eigenvalue weighted by molar-refractivity contribution is 0.0695. The highest BCUT2D eigenvalue weighted by molar-refractivity contribution is 5.88. The summed E-state index contributed by atoms with van der Waals surface area (Å²) in [6.45, 7) is 4.39. The molecular formula is C15H22O6. The molecule has 6 nitrogen and oxygen atoms in total. The van der Waals surface area contributed by atoms with E-state index in [9.17, 15) is 4.79 Å². The van der Waals surface area contributed by atoms with Gasteiger partial charge in [-0.3, -0.25) is 0 Å². The predicted molar refractivity (Wildman–Crippen MR) is 77.4 cm³/mol. The van der Waals surface area contributed by atoms with E-state index in [-0.39, 0.29) is 5.56 Å². The third-order valence-electron chi connectivity index (χ3n) is 2.61. The lowest BCUT2D eigenvalue weighted by atomic mass is 10.2. The summed E-state index contributed by atoms with van der Waals surface area (Å²) in [4.78, 5) is 10.9. The van der Waals surface area contributed by atoms with E-state index < -0.39 is 5.97 Å². The molecule has 0 fully saturated rings. The minimum Gasteiger partial charge on any atom is -0.490 e. The van der Waals surface area contributed by atoms with E-state index >= 15 is 0 Å². The Morgan fingerprint density at radius 1 is 1.10 bits per heavy atom. The average Bonchev–Trinajstić information content (AvgIpc) is 2.47. The first kappa shape index (κ1) is 17.3. The molecule has 0 aliphatic rings. The second kappa shape index (κ2) is 10.0. The van der Waals surface area contributed by atoms with Crippen LogP contribution in [0.15, 0.2) is 18.2 Å². The minimum atomic E-state index is -0.996. The molecule has 0 saturated heterocycles. The van der Waals surface area contributed by atoms with E-state index in [1.165, 1.54) is 12.1 Å². The Morgan fingerprint density at radius 2 is 1.90 bits per heavy atom. The summed E-state index contributed by atoms with van der Waals surface area (Å²) in [5.74, 6) is -0.0527. The average molecular weight is 298 g/mol. The number of aromatic carboxylic acids is 1. The molecule has 1 aromatic rings. The van der Waals surface area contributed by atoms with Crippen LogP contribution in [0, 0.1) is 0 Å². The van der Waals surface area contributed by atoms with Crippen molar-refractivity contribution in [2.24, 2.45) is 0 Å². The Hall–Kier alpha value is -1.79. The van der Waals surface area contributed by atoms with Crippen molar-refractivity contribution in [3.63, 3.8) is 0 Å². The Bertz CT molecular complexity index is 432. The Kier molecular flexibility index (Phi) is 8.23. The smallest absolute Gasteiger partial charge is 0.335 e. The number of ether oxygens (including phenoxy) is 4. The Balaban J connectivity index is 2.44. The van der Waals surface area contributed by atoms with Crippen molar-refractivity contribution in [1.82, 2.24) is 0 Å². The second-order valence-corrected chi connectivity index (χ2v) is 4.21. The van der Waals surface area contributed by atoms with E-state index in [2.05, 4.69) is 0 Å². The maximum Gasteiger partial charge on any atom is 0.335 e. The van der Waals surface area contributed by atoms with Gasteiger partial charge >= 0.3 is 5.97 Å². The van der Waals surface area contributed by atoms with Gasteiger partial charge in [0.05, 0.1) is 18.8 Å². The summed E-state index contributed by atoms with van der Waals surface area (Å²) in [6, 6.07) is 4.54. The summed E-state index contributed by atoms with van der Waals surface area (Å²) >= 11 is 0. The first-order valence-corrected chi connectivity index (χ1v) is 6.88. The molecule has 1 aromatic carbocycles. The quantitative estimate of drug-likeness (QED) is 0.631. The van der Waals surface area contributed by atoms with Gasteiger partial charge < -0.3 is 24.1 Å². The summed E-state index contributed by atoms with van der Waals surface area (Å²) < 4.78 is 21.2. The topological polar surface area (TPSA) is 74.2 Å². The van der Waals surface area contributed by atoms with Gasteiger partial charge in [0, 0.05) is 20.3 Å². The normalized spacial score (nSPS) is 10.4. The highest BCUT2D eigenvalue weighted by atomic mass is 16.5. The lowest BCUT2D eigenvalue weighted by Gasteiger charge is -2.12. The molecule has 0 saturated carbocycles. The molecule has 0 heterocycles. The molecule has 0 spiro atoms. The van der Waals surface area contributed by atoms with Gasteiger partial charge in [0.15, 0.2) is 11.5 Å². The first-order valence-electron chi connectivity index (χ1n) is 6.88. The number of carboxylic acid groups (broad SMARTS) is 1. The number of hydrogen-bond donors (Lipinski definition) is 1. The first-order chi connectivity index (χ1) is 10.2. The number of carbonyl (C=O) groups is 1. The Labute approximate surface area is 124 Å². The van der Waals surface area contributed by atoms with E-state index in [0.29, 0.717) is 44.5 Å². The molecule has 118 valence electrons. The van der Waals surface area contributed by atoms with Crippen LogP contribution in [0.5, 0.6) is 11.5 Å². The standard InChI is InChI=1S/C15H22O6/c1-3-20-14-11-12(15(16)17)5-6-13(14)21-10-9-19-8-4-7-18-2/h5-6,11H,3-4,7-10H2,1-2H3,(H,16,17). The monoisotopic (exact) mass is 298 g/mol. The van der Waals surface area contributed by atoms with Crippen LogP contribution in [-0.2, 0) is 9.47 Å².